The number of carboxylic acid groups (broad SMARTS) is 1. The van der Waals surface area contributed by atoms with Gasteiger partial charge < -0.3 is 14.7 Å². The highest BCUT2D eigenvalue weighted by Gasteiger charge is 2.17. The van der Waals surface area contributed by atoms with Crippen molar-refractivity contribution >= 4 is 34.5 Å². The zero-order valence-electron chi connectivity index (χ0n) is 10.0. The number of morpholine rings is 1. The van der Waals surface area contributed by atoms with E-state index < -0.39 is 5.97 Å². The first-order chi connectivity index (χ1) is 9.15. The Morgan fingerprint density at radius 2 is 2.21 bits per heavy atom. The van der Waals surface area contributed by atoms with Crippen LogP contribution in [0, 0.1) is 0 Å². The minimum atomic E-state index is -1.02. The van der Waals surface area contributed by atoms with Crippen LogP contribution in [0.25, 0.3) is 6.08 Å². The number of ether oxygens (including phenoxy) is 1. The van der Waals surface area contributed by atoms with Gasteiger partial charge >= 0.3 is 12.0 Å². The SMILES string of the molecule is O=C(O)C=Cc1cnc(NC(=O)N2CCOCC2)s1. The lowest BCUT2D eigenvalue weighted by Gasteiger charge is -2.26. The second-order valence-corrected chi connectivity index (χ2v) is 4.83. The smallest absolute Gasteiger partial charge is 0.328 e. The quantitative estimate of drug-likeness (QED) is 0.811. The van der Waals surface area contributed by atoms with Gasteiger partial charge in [0, 0.05) is 30.2 Å². The number of rotatable bonds is 3. The van der Waals surface area contributed by atoms with Crippen molar-refractivity contribution in [3.63, 3.8) is 0 Å². The van der Waals surface area contributed by atoms with E-state index in [4.69, 9.17) is 9.84 Å². The number of aliphatic carboxylic acids is 1. The van der Waals surface area contributed by atoms with Crippen LogP contribution in [-0.2, 0) is 9.53 Å². The van der Waals surface area contributed by atoms with E-state index in [0.717, 1.165) is 6.08 Å². The molecular formula is C11H13N3O4S. The molecule has 0 radical (unpaired) electrons. The molecule has 0 unspecified atom stereocenters. The van der Waals surface area contributed by atoms with Crippen LogP contribution < -0.4 is 5.32 Å². The van der Waals surface area contributed by atoms with Crippen molar-refractivity contribution in [2.75, 3.05) is 31.6 Å². The van der Waals surface area contributed by atoms with Crippen LogP contribution in [0.4, 0.5) is 9.93 Å². The van der Waals surface area contributed by atoms with Crippen LogP contribution in [0.2, 0.25) is 0 Å². The molecule has 7 nitrogen and oxygen atoms in total. The Bertz CT molecular complexity index is 494. The second kappa shape index (κ2) is 6.30. The zero-order valence-corrected chi connectivity index (χ0v) is 10.9. The third kappa shape index (κ3) is 4.04. The standard InChI is InChI=1S/C11H13N3O4S/c15-9(16)2-1-8-7-12-10(19-8)13-11(17)14-3-5-18-6-4-14/h1-2,7H,3-6H2,(H,15,16)(H,12,13,17). The van der Waals surface area contributed by atoms with Gasteiger partial charge in [0.05, 0.1) is 13.2 Å². The molecule has 2 amide bonds. The Morgan fingerprint density at radius 1 is 1.47 bits per heavy atom. The predicted molar refractivity (Wildman–Crippen MR) is 70.2 cm³/mol. The summed E-state index contributed by atoms with van der Waals surface area (Å²) in [6.07, 6.45) is 3.98. The number of aromatic nitrogens is 1. The highest BCUT2D eigenvalue weighted by atomic mass is 32.1. The lowest BCUT2D eigenvalue weighted by molar-refractivity contribution is -0.131. The van der Waals surface area contributed by atoms with Crippen LogP contribution in [-0.4, -0.2) is 53.3 Å². The average Bonchev–Trinajstić information content (AvgIpc) is 2.85. The van der Waals surface area contributed by atoms with Crippen molar-refractivity contribution in [1.29, 1.82) is 0 Å². The molecule has 19 heavy (non-hydrogen) atoms. The molecule has 1 aromatic rings. The summed E-state index contributed by atoms with van der Waals surface area (Å²) in [5.74, 6) is -1.02. The minimum Gasteiger partial charge on any atom is -0.478 e. The van der Waals surface area contributed by atoms with Gasteiger partial charge in [0.25, 0.3) is 0 Å². The number of hydrogen-bond donors (Lipinski definition) is 2. The first-order valence-electron chi connectivity index (χ1n) is 5.65. The van der Waals surface area contributed by atoms with E-state index in [1.807, 2.05) is 0 Å². The molecule has 0 aromatic carbocycles. The van der Waals surface area contributed by atoms with E-state index in [0.29, 0.717) is 36.3 Å². The largest absolute Gasteiger partial charge is 0.478 e. The molecule has 1 saturated heterocycles. The summed E-state index contributed by atoms with van der Waals surface area (Å²) in [5.41, 5.74) is 0. The third-order valence-corrected chi connectivity index (χ3v) is 3.30. The van der Waals surface area contributed by atoms with Gasteiger partial charge in [0.1, 0.15) is 0 Å². The highest BCUT2D eigenvalue weighted by Crippen LogP contribution is 2.19. The number of thiazole rings is 1. The molecule has 2 N–H and O–H groups in total. The molecule has 0 bridgehead atoms. The summed E-state index contributed by atoms with van der Waals surface area (Å²) in [5, 5.41) is 11.6. The summed E-state index contributed by atoms with van der Waals surface area (Å²) in [6.45, 7) is 2.20. The summed E-state index contributed by atoms with van der Waals surface area (Å²) in [6, 6.07) is -0.216. The van der Waals surface area contributed by atoms with E-state index >= 15 is 0 Å². The number of carbonyl (C=O) groups excluding carboxylic acids is 1. The van der Waals surface area contributed by atoms with Crippen molar-refractivity contribution < 1.29 is 19.4 Å². The second-order valence-electron chi connectivity index (χ2n) is 3.77. The maximum absolute atomic E-state index is 11.9. The number of carboxylic acids is 1. The van der Waals surface area contributed by atoms with Crippen molar-refractivity contribution in [3.8, 4) is 0 Å². The van der Waals surface area contributed by atoms with Crippen molar-refractivity contribution in [2.45, 2.75) is 0 Å². The molecule has 1 aliphatic heterocycles. The summed E-state index contributed by atoms with van der Waals surface area (Å²) < 4.78 is 5.16. The van der Waals surface area contributed by atoms with Gasteiger partial charge in [0.15, 0.2) is 5.13 Å². The van der Waals surface area contributed by atoms with Crippen LogP contribution in [0.15, 0.2) is 12.3 Å². The zero-order chi connectivity index (χ0) is 13.7. The minimum absolute atomic E-state index is 0.216. The molecule has 2 heterocycles. The molecule has 1 aromatic heterocycles. The molecule has 0 atom stereocenters. The number of nitrogens with zero attached hydrogens (tertiary/aromatic N) is 2. The van der Waals surface area contributed by atoms with Gasteiger partial charge in [-0.05, 0) is 6.08 Å². The molecule has 1 fully saturated rings. The fourth-order valence-electron chi connectivity index (χ4n) is 1.51. The van der Waals surface area contributed by atoms with E-state index in [-0.39, 0.29) is 6.03 Å². The normalized spacial score (nSPS) is 15.7. The molecule has 2 rings (SSSR count). The Hall–Kier alpha value is -1.93. The van der Waals surface area contributed by atoms with Crippen LogP contribution in [0.5, 0.6) is 0 Å². The lowest BCUT2D eigenvalue weighted by Crippen LogP contribution is -2.43. The van der Waals surface area contributed by atoms with Crippen LogP contribution in [0.1, 0.15) is 4.88 Å². The molecule has 0 spiro atoms. The Morgan fingerprint density at radius 3 is 2.89 bits per heavy atom. The number of urea groups is 1. The van der Waals surface area contributed by atoms with E-state index in [9.17, 15) is 9.59 Å². The van der Waals surface area contributed by atoms with Crippen LogP contribution in [0.3, 0.4) is 0 Å². The highest BCUT2D eigenvalue weighted by molar-refractivity contribution is 7.16. The van der Waals surface area contributed by atoms with Gasteiger partial charge in [-0.3, -0.25) is 5.32 Å². The lowest BCUT2D eigenvalue weighted by atomic mass is 10.4. The molecule has 0 saturated carbocycles. The Balaban J connectivity index is 1.92. The monoisotopic (exact) mass is 283 g/mol. The van der Waals surface area contributed by atoms with Crippen molar-refractivity contribution in [2.24, 2.45) is 0 Å². The fourth-order valence-corrected chi connectivity index (χ4v) is 2.22. The van der Waals surface area contributed by atoms with E-state index in [1.54, 1.807) is 4.90 Å². The van der Waals surface area contributed by atoms with Gasteiger partial charge in [-0.1, -0.05) is 11.3 Å². The first-order valence-corrected chi connectivity index (χ1v) is 6.47. The molecular weight excluding hydrogens is 270 g/mol. The maximum atomic E-state index is 11.9. The van der Waals surface area contributed by atoms with E-state index in [2.05, 4.69) is 10.3 Å². The molecule has 8 heteroatoms. The van der Waals surface area contributed by atoms with Crippen molar-refractivity contribution in [1.82, 2.24) is 9.88 Å². The molecule has 1 aliphatic rings. The predicted octanol–water partition coefficient (Wildman–Crippen LogP) is 1.10. The topological polar surface area (TPSA) is 91.8 Å². The number of nitrogens with one attached hydrogen (secondary N) is 1. The summed E-state index contributed by atoms with van der Waals surface area (Å²) in [4.78, 5) is 28.6. The van der Waals surface area contributed by atoms with Crippen molar-refractivity contribution in [3.05, 3.63) is 17.2 Å². The summed E-state index contributed by atoms with van der Waals surface area (Å²) >= 11 is 1.22. The van der Waals surface area contributed by atoms with Gasteiger partial charge in [-0.2, -0.15) is 0 Å². The maximum Gasteiger partial charge on any atom is 0.328 e. The number of carbonyl (C=O) groups is 2. The number of hydrogen-bond acceptors (Lipinski definition) is 5. The summed E-state index contributed by atoms with van der Waals surface area (Å²) in [7, 11) is 0. The average molecular weight is 283 g/mol. The fraction of sp³-hybridized carbons (Fsp3) is 0.364. The Kier molecular flexibility index (Phi) is 4.48. The van der Waals surface area contributed by atoms with E-state index in [1.165, 1.54) is 23.6 Å². The third-order valence-electron chi connectivity index (χ3n) is 2.43. The molecule has 102 valence electrons. The molecule has 0 aliphatic carbocycles. The van der Waals surface area contributed by atoms with Crippen LogP contribution >= 0.6 is 11.3 Å². The van der Waals surface area contributed by atoms with Gasteiger partial charge in [-0.15, -0.1) is 0 Å². The number of amides is 2. The first kappa shape index (κ1) is 13.5. The van der Waals surface area contributed by atoms with Gasteiger partial charge in [0.2, 0.25) is 0 Å². The van der Waals surface area contributed by atoms with Gasteiger partial charge in [-0.25, -0.2) is 14.6 Å². The number of anilines is 1. The Labute approximate surface area is 113 Å².